The number of nitrogens with zero attached hydrogens (tertiary/aromatic N) is 3. The Morgan fingerprint density at radius 2 is 2.04 bits per heavy atom. The number of hydrogen-bond acceptors (Lipinski definition) is 6. The van der Waals surface area contributed by atoms with Crippen LogP contribution in [0.15, 0.2) is 21.4 Å². The number of hydrogen-bond donors (Lipinski definition) is 2. The third kappa shape index (κ3) is 3.31. The van der Waals surface area contributed by atoms with E-state index in [0.29, 0.717) is 18.9 Å². The van der Waals surface area contributed by atoms with Crippen molar-refractivity contribution in [1.82, 2.24) is 19.9 Å². The van der Waals surface area contributed by atoms with Gasteiger partial charge in [-0.3, -0.25) is 9.59 Å². The first kappa shape index (κ1) is 17.4. The highest BCUT2D eigenvalue weighted by molar-refractivity contribution is 7.94. The number of aromatic nitrogens is 3. The molecule has 4 rings (SSSR count). The Hall–Kier alpha value is -2.04. The van der Waals surface area contributed by atoms with Gasteiger partial charge in [-0.25, -0.2) is 8.72 Å². The van der Waals surface area contributed by atoms with Crippen molar-refractivity contribution in [3.63, 3.8) is 0 Å². The normalized spacial score (nSPS) is 20.9. The molecule has 2 aromatic heterocycles. The summed E-state index contributed by atoms with van der Waals surface area (Å²) < 4.78 is 23.4. The van der Waals surface area contributed by atoms with Crippen LogP contribution in [-0.2, 0) is 14.5 Å². The summed E-state index contributed by atoms with van der Waals surface area (Å²) in [5, 5.41) is 7.59. The number of nitrogens with one attached hydrogen (secondary N) is 2. The number of amides is 1. The fraction of sp³-hybridized carbons (Fsp3) is 0.562. The molecule has 2 saturated heterocycles. The second kappa shape index (κ2) is 6.93. The van der Waals surface area contributed by atoms with E-state index in [1.165, 1.54) is 6.20 Å². The van der Waals surface area contributed by atoms with Gasteiger partial charge in [0.1, 0.15) is 11.2 Å². The summed E-state index contributed by atoms with van der Waals surface area (Å²) in [6, 6.07) is 1.54. The lowest BCUT2D eigenvalue weighted by atomic mass is 9.94. The van der Waals surface area contributed by atoms with Crippen molar-refractivity contribution in [1.29, 1.82) is 0 Å². The number of piperidine rings is 1. The van der Waals surface area contributed by atoms with Crippen LogP contribution in [0.5, 0.6) is 0 Å². The molecule has 1 amide bonds. The van der Waals surface area contributed by atoms with E-state index in [9.17, 15) is 13.8 Å². The van der Waals surface area contributed by atoms with E-state index in [2.05, 4.69) is 19.8 Å². The van der Waals surface area contributed by atoms with E-state index >= 15 is 0 Å². The number of aromatic amines is 1. The van der Waals surface area contributed by atoms with Crippen molar-refractivity contribution in [3.05, 3.63) is 33.9 Å². The molecule has 2 fully saturated rings. The summed E-state index contributed by atoms with van der Waals surface area (Å²) in [6.45, 7) is 2.43. The Morgan fingerprint density at radius 1 is 1.31 bits per heavy atom. The van der Waals surface area contributed by atoms with Gasteiger partial charge in [-0.05, 0) is 25.9 Å². The lowest BCUT2D eigenvalue weighted by Crippen LogP contribution is -2.28. The molecule has 26 heavy (non-hydrogen) atoms. The molecule has 9 nitrogen and oxygen atoms in total. The maximum Gasteiger partial charge on any atom is 0.290 e. The van der Waals surface area contributed by atoms with Crippen molar-refractivity contribution in [3.8, 4) is 0 Å². The minimum absolute atomic E-state index is 0.173. The molecule has 140 valence electrons. The van der Waals surface area contributed by atoms with Gasteiger partial charge in [-0.2, -0.15) is 9.46 Å². The summed E-state index contributed by atoms with van der Waals surface area (Å²) >= 11 is 0. The molecule has 0 aromatic carbocycles. The van der Waals surface area contributed by atoms with Crippen molar-refractivity contribution >= 4 is 21.3 Å². The molecule has 0 atom stereocenters. The SMILES string of the molecule is O=C(N=S1(=O)CCOCC1)c1cnn2c(C3CCNCC3)cc(=O)[nH]c12. The first-order valence-electron chi connectivity index (χ1n) is 8.72. The second-order valence-electron chi connectivity index (χ2n) is 6.59. The predicted octanol–water partition coefficient (Wildman–Crippen LogP) is 0.128. The third-order valence-corrected chi connectivity index (χ3v) is 6.97. The van der Waals surface area contributed by atoms with Crippen LogP contribution in [0.2, 0.25) is 0 Å². The maximum absolute atomic E-state index is 12.7. The van der Waals surface area contributed by atoms with Gasteiger partial charge in [0.25, 0.3) is 11.5 Å². The van der Waals surface area contributed by atoms with E-state index in [0.717, 1.165) is 31.6 Å². The Bertz CT molecular complexity index is 999. The Balaban J connectivity index is 1.76. The number of carbonyl (C=O) groups is 1. The molecule has 0 bridgehead atoms. The summed E-state index contributed by atoms with van der Waals surface area (Å²) in [7, 11) is -2.61. The van der Waals surface area contributed by atoms with Gasteiger partial charge < -0.3 is 15.0 Å². The molecule has 2 aliphatic rings. The van der Waals surface area contributed by atoms with Crippen LogP contribution in [0.1, 0.15) is 34.8 Å². The summed E-state index contributed by atoms with van der Waals surface area (Å²) in [5.74, 6) is 0.0849. The van der Waals surface area contributed by atoms with Gasteiger partial charge >= 0.3 is 0 Å². The molecule has 0 radical (unpaired) electrons. The maximum atomic E-state index is 12.7. The molecule has 10 heteroatoms. The summed E-state index contributed by atoms with van der Waals surface area (Å²) in [6.07, 6.45) is 3.20. The Kier molecular flexibility index (Phi) is 4.63. The monoisotopic (exact) mass is 379 g/mol. The fourth-order valence-electron chi connectivity index (χ4n) is 3.45. The average Bonchev–Trinajstić information content (AvgIpc) is 3.06. The highest BCUT2D eigenvalue weighted by Crippen LogP contribution is 2.25. The first-order chi connectivity index (χ1) is 12.6. The largest absolute Gasteiger partial charge is 0.379 e. The van der Waals surface area contributed by atoms with Gasteiger partial charge in [0.05, 0.1) is 46.3 Å². The number of H-pyrrole nitrogens is 1. The molecule has 4 heterocycles. The molecule has 0 spiro atoms. The number of rotatable bonds is 2. The molecule has 2 N–H and O–H groups in total. The minimum atomic E-state index is -2.61. The van der Waals surface area contributed by atoms with E-state index in [-0.39, 0.29) is 28.5 Å². The lowest BCUT2D eigenvalue weighted by Gasteiger charge is -2.23. The van der Waals surface area contributed by atoms with Crippen LogP contribution in [-0.4, -0.2) is 62.5 Å². The average molecular weight is 379 g/mol. The smallest absolute Gasteiger partial charge is 0.290 e. The molecule has 0 unspecified atom stereocenters. The Morgan fingerprint density at radius 3 is 2.77 bits per heavy atom. The molecule has 2 aliphatic heterocycles. The second-order valence-corrected chi connectivity index (χ2v) is 9.14. The van der Waals surface area contributed by atoms with Gasteiger partial charge in [-0.15, -0.1) is 0 Å². The van der Waals surface area contributed by atoms with Crippen LogP contribution in [0, 0.1) is 0 Å². The zero-order chi connectivity index (χ0) is 18.1. The number of ether oxygens (including phenoxy) is 1. The van der Waals surface area contributed by atoms with Gasteiger partial charge in [-0.1, -0.05) is 0 Å². The summed E-state index contributed by atoms with van der Waals surface area (Å²) in [4.78, 5) is 27.4. The third-order valence-electron chi connectivity index (χ3n) is 4.86. The number of fused-ring (bicyclic) bond motifs is 1. The molecular weight excluding hydrogens is 358 g/mol. The standard InChI is InChI=1S/C16H21N5O4S/c22-14-9-13(11-1-3-17-4-2-11)21-15(19-14)12(10-18-21)16(23)20-26(24)7-5-25-6-8-26/h9-11,17H,1-8H2,(H,19,22). The van der Waals surface area contributed by atoms with Crippen LogP contribution in [0.4, 0.5) is 0 Å². The van der Waals surface area contributed by atoms with Crippen LogP contribution in [0.25, 0.3) is 5.65 Å². The highest BCUT2D eigenvalue weighted by Gasteiger charge is 2.23. The topological polar surface area (TPSA) is 118 Å². The quantitative estimate of drug-likeness (QED) is 0.766. The van der Waals surface area contributed by atoms with Crippen molar-refractivity contribution < 1.29 is 13.7 Å². The van der Waals surface area contributed by atoms with E-state index in [4.69, 9.17) is 4.74 Å². The molecule has 0 saturated carbocycles. The van der Waals surface area contributed by atoms with E-state index < -0.39 is 15.6 Å². The minimum Gasteiger partial charge on any atom is -0.379 e. The summed E-state index contributed by atoms with van der Waals surface area (Å²) in [5.41, 5.74) is 0.998. The van der Waals surface area contributed by atoms with Gasteiger partial charge in [0.15, 0.2) is 0 Å². The zero-order valence-electron chi connectivity index (χ0n) is 14.3. The molecule has 2 aromatic rings. The predicted molar refractivity (Wildman–Crippen MR) is 96.1 cm³/mol. The van der Waals surface area contributed by atoms with Crippen LogP contribution in [0.3, 0.4) is 0 Å². The fourth-order valence-corrected chi connectivity index (χ4v) is 5.00. The first-order valence-corrected chi connectivity index (χ1v) is 10.6. The van der Waals surface area contributed by atoms with E-state index in [1.54, 1.807) is 10.6 Å². The lowest BCUT2D eigenvalue weighted by molar-refractivity contribution is 0.101. The van der Waals surface area contributed by atoms with Gasteiger partial charge in [0, 0.05) is 12.0 Å². The Labute approximate surface area is 150 Å². The van der Waals surface area contributed by atoms with Crippen molar-refractivity contribution in [2.45, 2.75) is 18.8 Å². The van der Waals surface area contributed by atoms with Crippen LogP contribution >= 0.6 is 0 Å². The molecular formula is C16H21N5O4S. The van der Waals surface area contributed by atoms with Crippen molar-refractivity contribution in [2.24, 2.45) is 4.36 Å². The van der Waals surface area contributed by atoms with Crippen LogP contribution < -0.4 is 10.9 Å². The zero-order valence-corrected chi connectivity index (χ0v) is 15.1. The number of carbonyl (C=O) groups excluding carboxylic acids is 1. The van der Waals surface area contributed by atoms with Crippen molar-refractivity contribution in [2.75, 3.05) is 37.8 Å². The molecule has 0 aliphatic carbocycles. The van der Waals surface area contributed by atoms with Gasteiger partial charge in [0.2, 0.25) is 0 Å². The van der Waals surface area contributed by atoms with E-state index in [1.807, 2.05) is 0 Å². The highest BCUT2D eigenvalue weighted by atomic mass is 32.2.